The zero-order valence-corrected chi connectivity index (χ0v) is 10.4. The standard InChI is InChI=1S/C9H13BrFN3O/c1-9(2,11)8(15)12-4-7-6(10)5-14(3)13-7/h5H,4H2,1-3H3,(H,12,15). The van der Waals surface area contributed by atoms with Crippen molar-refractivity contribution in [2.24, 2.45) is 7.05 Å². The zero-order chi connectivity index (χ0) is 11.6. The fourth-order valence-electron chi connectivity index (χ4n) is 1.000. The van der Waals surface area contributed by atoms with Crippen molar-refractivity contribution in [2.45, 2.75) is 26.1 Å². The van der Waals surface area contributed by atoms with Gasteiger partial charge in [-0.05, 0) is 29.8 Å². The molecular formula is C9H13BrFN3O. The minimum Gasteiger partial charge on any atom is -0.348 e. The topological polar surface area (TPSA) is 46.9 Å². The highest BCUT2D eigenvalue weighted by atomic mass is 79.9. The third-order valence-electron chi connectivity index (χ3n) is 1.81. The minimum absolute atomic E-state index is 0.216. The molecule has 1 N–H and O–H groups in total. The first-order valence-corrected chi connectivity index (χ1v) is 5.25. The van der Waals surface area contributed by atoms with Crippen molar-refractivity contribution in [3.8, 4) is 0 Å². The first-order valence-electron chi connectivity index (χ1n) is 4.46. The van der Waals surface area contributed by atoms with Crippen LogP contribution in [-0.2, 0) is 18.4 Å². The SMILES string of the molecule is Cn1cc(Br)c(CNC(=O)C(C)(C)F)n1. The van der Waals surface area contributed by atoms with E-state index in [1.54, 1.807) is 17.9 Å². The molecule has 1 aromatic rings. The second-order valence-corrected chi connectivity index (χ2v) is 4.61. The summed E-state index contributed by atoms with van der Waals surface area (Å²) in [7, 11) is 1.77. The number of nitrogens with zero attached hydrogens (tertiary/aromatic N) is 2. The molecule has 1 aromatic heterocycles. The third-order valence-corrected chi connectivity index (χ3v) is 2.47. The molecule has 15 heavy (non-hydrogen) atoms. The maximum absolute atomic E-state index is 13.1. The molecule has 0 saturated carbocycles. The predicted molar refractivity (Wildman–Crippen MR) is 57.9 cm³/mol. The van der Waals surface area contributed by atoms with Crippen molar-refractivity contribution >= 4 is 21.8 Å². The number of hydrogen-bond donors (Lipinski definition) is 1. The number of amides is 1. The number of rotatable bonds is 3. The first-order chi connectivity index (χ1) is 6.80. The maximum atomic E-state index is 13.1. The van der Waals surface area contributed by atoms with E-state index >= 15 is 0 Å². The van der Waals surface area contributed by atoms with Crippen molar-refractivity contribution in [1.29, 1.82) is 0 Å². The van der Waals surface area contributed by atoms with Crippen molar-refractivity contribution < 1.29 is 9.18 Å². The van der Waals surface area contributed by atoms with E-state index in [1.165, 1.54) is 13.8 Å². The second kappa shape index (κ2) is 4.30. The number of hydrogen-bond acceptors (Lipinski definition) is 2. The highest BCUT2D eigenvalue weighted by molar-refractivity contribution is 9.10. The van der Waals surface area contributed by atoms with E-state index in [0.29, 0.717) is 5.69 Å². The summed E-state index contributed by atoms with van der Waals surface area (Å²) in [6, 6.07) is 0. The van der Waals surface area contributed by atoms with Gasteiger partial charge in [0.15, 0.2) is 5.67 Å². The molecule has 84 valence electrons. The number of nitrogens with one attached hydrogen (secondary N) is 1. The smallest absolute Gasteiger partial charge is 0.257 e. The van der Waals surface area contributed by atoms with Gasteiger partial charge in [-0.2, -0.15) is 5.10 Å². The molecule has 0 saturated heterocycles. The number of halogens is 2. The summed E-state index contributed by atoms with van der Waals surface area (Å²) >= 11 is 3.29. The molecule has 0 aromatic carbocycles. The molecule has 1 amide bonds. The van der Waals surface area contributed by atoms with Crippen molar-refractivity contribution in [1.82, 2.24) is 15.1 Å². The fraction of sp³-hybridized carbons (Fsp3) is 0.556. The lowest BCUT2D eigenvalue weighted by Gasteiger charge is -2.13. The molecule has 0 aliphatic heterocycles. The number of aryl methyl sites for hydroxylation is 1. The monoisotopic (exact) mass is 277 g/mol. The average Bonchev–Trinajstić information content (AvgIpc) is 2.39. The lowest BCUT2D eigenvalue weighted by molar-refractivity contribution is -0.130. The summed E-state index contributed by atoms with van der Waals surface area (Å²) < 4.78 is 15.6. The molecule has 4 nitrogen and oxygen atoms in total. The fourth-order valence-corrected chi connectivity index (χ4v) is 1.52. The van der Waals surface area contributed by atoms with Crippen LogP contribution in [0.4, 0.5) is 4.39 Å². The van der Waals surface area contributed by atoms with Crippen LogP contribution in [-0.4, -0.2) is 21.4 Å². The van der Waals surface area contributed by atoms with Gasteiger partial charge in [0, 0.05) is 13.2 Å². The molecule has 0 bridgehead atoms. The van der Waals surface area contributed by atoms with Crippen LogP contribution in [0.3, 0.4) is 0 Å². The van der Waals surface area contributed by atoms with Gasteiger partial charge in [0.2, 0.25) is 0 Å². The van der Waals surface area contributed by atoms with E-state index in [9.17, 15) is 9.18 Å². The van der Waals surface area contributed by atoms with E-state index < -0.39 is 11.6 Å². The number of alkyl halides is 1. The van der Waals surface area contributed by atoms with Crippen LogP contribution in [0.25, 0.3) is 0 Å². The van der Waals surface area contributed by atoms with E-state index in [4.69, 9.17) is 0 Å². The molecule has 0 aliphatic carbocycles. The van der Waals surface area contributed by atoms with E-state index in [1.807, 2.05) is 0 Å². The summed E-state index contributed by atoms with van der Waals surface area (Å²) in [4.78, 5) is 11.2. The van der Waals surface area contributed by atoms with Gasteiger partial charge in [-0.1, -0.05) is 0 Å². The first kappa shape index (κ1) is 12.2. The van der Waals surface area contributed by atoms with Crippen LogP contribution in [0, 0.1) is 0 Å². The van der Waals surface area contributed by atoms with Crippen molar-refractivity contribution in [2.75, 3.05) is 0 Å². The minimum atomic E-state index is -1.86. The van der Waals surface area contributed by atoms with Gasteiger partial charge in [0.1, 0.15) is 0 Å². The molecule has 0 radical (unpaired) electrons. The average molecular weight is 278 g/mol. The normalized spacial score (nSPS) is 11.5. The summed E-state index contributed by atoms with van der Waals surface area (Å²) in [5, 5.41) is 6.57. The van der Waals surface area contributed by atoms with Gasteiger partial charge in [0.05, 0.1) is 16.7 Å². The lowest BCUT2D eigenvalue weighted by Crippen LogP contribution is -2.38. The molecule has 0 unspecified atom stereocenters. The molecule has 0 atom stereocenters. The van der Waals surface area contributed by atoms with Gasteiger partial charge >= 0.3 is 0 Å². The van der Waals surface area contributed by atoms with Crippen molar-refractivity contribution in [3.63, 3.8) is 0 Å². The highest BCUT2D eigenvalue weighted by Gasteiger charge is 2.26. The summed E-state index contributed by atoms with van der Waals surface area (Å²) in [5.74, 6) is -0.639. The molecule has 0 spiro atoms. The highest BCUT2D eigenvalue weighted by Crippen LogP contribution is 2.14. The van der Waals surface area contributed by atoms with E-state index in [-0.39, 0.29) is 6.54 Å². The van der Waals surface area contributed by atoms with Gasteiger partial charge < -0.3 is 5.32 Å². The quantitative estimate of drug-likeness (QED) is 0.911. The molecule has 0 aliphatic rings. The largest absolute Gasteiger partial charge is 0.348 e. The third kappa shape index (κ3) is 3.30. The van der Waals surface area contributed by atoms with E-state index in [0.717, 1.165) is 4.47 Å². The number of carbonyl (C=O) groups is 1. The molecular weight excluding hydrogens is 265 g/mol. The Kier molecular flexibility index (Phi) is 3.49. The van der Waals surface area contributed by atoms with E-state index in [2.05, 4.69) is 26.3 Å². The van der Waals surface area contributed by atoms with Crippen LogP contribution >= 0.6 is 15.9 Å². The van der Waals surface area contributed by atoms with Crippen LogP contribution in [0.2, 0.25) is 0 Å². The van der Waals surface area contributed by atoms with Crippen LogP contribution < -0.4 is 5.32 Å². The molecule has 1 heterocycles. The van der Waals surface area contributed by atoms with Crippen molar-refractivity contribution in [3.05, 3.63) is 16.4 Å². The van der Waals surface area contributed by atoms with Crippen LogP contribution in [0.1, 0.15) is 19.5 Å². The Morgan fingerprint density at radius 1 is 1.73 bits per heavy atom. The molecule has 1 rings (SSSR count). The Balaban J connectivity index is 2.58. The Hall–Kier alpha value is -0.910. The lowest BCUT2D eigenvalue weighted by atomic mass is 10.1. The van der Waals surface area contributed by atoms with Crippen LogP contribution in [0.15, 0.2) is 10.7 Å². The van der Waals surface area contributed by atoms with Crippen LogP contribution in [0.5, 0.6) is 0 Å². The Labute approximate surface area is 96.0 Å². The van der Waals surface area contributed by atoms with Gasteiger partial charge in [-0.25, -0.2) is 4.39 Å². The predicted octanol–water partition coefficient (Wildman–Crippen LogP) is 1.55. The Morgan fingerprint density at radius 2 is 2.33 bits per heavy atom. The Morgan fingerprint density at radius 3 is 2.73 bits per heavy atom. The summed E-state index contributed by atoms with van der Waals surface area (Å²) in [6.45, 7) is 2.65. The maximum Gasteiger partial charge on any atom is 0.257 e. The number of aromatic nitrogens is 2. The van der Waals surface area contributed by atoms with Gasteiger partial charge in [-0.3, -0.25) is 9.48 Å². The number of carbonyl (C=O) groups excluding carboxylic acids is 1. The summed E-state index contributed by atoms with van der Waals surface area (Å²) in [6.07, 6.45) is 1.77. The zero-order valence-electron chi connectivity index (χ0n) is 8.84. The van der Waals surface area contributed by atoms with Gasteiger partial charge in [0.25, 0.3) is 5.91 Å². The second-order valence-electron chi connectivity index (χ2n) is 3.75. The summed E-state index contributed by atoms with van der Waals surface area (Å²) in [5.41, 5.74) is -1.18. The molecule has 6 heteroatoms. The van der Waals surface area contributed by atoms with Gasteiger partial charge in [-0.15, -0.1) is 0 Å². The molecule has 0 fully saturated rings. The Bertz CT molecular complexity index is 370.